The molecule has 2 amide bonds. The third kappa shape index (κ3) is 3.59. The Bertz CT molecular complexity index is 1210. The molecule has 2 aliphatic rings. The number of carbonyl (C=O) groups is 2. The number of methoxy groups -OCH3 is 2. The number of hydrogen-bond donors (Lipinski definition) is 1. The number of benzene rings is 2. The highest BCUT2D eigenvalue weighted by atomic mass is 16.5. The molecule has 0 radical (unpaired) electrons. The van der Waals surface area contributed by atoms with Gasteiger partial charge in [-0.1, -0.05) is 24.3 Å². The van der Waals surface area contributed by atoms with E-state index in [4.69, 9.17) is 9.47 Å². The highest BCUT2D eigenvalue weighted by Crippen LogP contribution is 2.48. The Morgan fingerprint density at radius 2 is 1.88 bits per heavy atom. The largest absolute Gasteiger partial charge is 0.493 e. The van der Waals surface area contributed by atoms with Crippen molar-refractivity contribution in [1.82, 2.24) is 15.2 Å². The summed E-state index contributed by atoms with van der Waals surface area (Å²) in [6.07, 6.45) is 4.12. The Kier molecular flexibility index (Phi) is 5.46. The summed E-state index contributed by atoms with van der Waals surface area (Å²) in [5.41, 5.74) is 4.22. The fraction of sp³-hybridized carbons (Fsp3) is 0.269. The lowest BCUT2D eigenvalue weighted by Crippen LogP contribution is -2.50. The summed E-state index contributed by atoms with van der Waals surface area (Å²) < 4.78 is 11.0. The molecule has 1 aromatic heterocycles. The van der Waals surface area contributed by atoms with E-state index in [1.165, 1.54) is 0 Å². The van der Waals surface area contributed by atoms with Crippen LogP contribution in [0.1, 0.15) is 44.6 Å². The quantitative estimate of drug-likeness (QED) is 0.655. The Morgan fingerprint density at radius 1 is 1.09 bits per heavy atom. The van der Waals surface area contributed by atoms with Gasteiger partial charge in [-0.2, -0.15) is 0 Å². The van der Waals surface area contributed by atoms with Gasteiger partial charge in [0.25, 0.3) is 5.91 Å². The third-order valence-electron chi connectivity index (χ3n) is 6.50. The van der Waals surface area contributed by atoms with E-state index in [0.29, 0.717) is 36.6 Å². The predicted octanol–water partition coefficient (Wildman–Crippen LogP) is 3.25. The minimum absolute atomic E-state index is 0.0488. The van der Waals surface area contributed by atoms with Gasteiger partial charge in [0, 0.05) is 31.0 Å². The summed E-state index contributed by atoms with van der Waals surface area (Å²) in [5, 5.41) is 3.07. The molecule has 3 aromatic rings. The first-order valence-corrected chi connectivity index (χ1v) is 10.9. The number of ether oxygens (including phenoxy) is 2. The Balaban J connectivity index is 1.59. The number of carbonyl (C=O) groups excluding carboxylic acids is 2. The molecule has 168 valence electrons. The number of pyridine rings is 1. The minimum atomic E-state index is -0.548. The second-order valence-electron chi connectivity index (χ2n) is 8.24. The van der Waals surface area contributed by atoms with E-state index >= 15 is 0 Å². The molecular formula is C26H25N3O4. The van der Waals surface area contributed by atoms with Crippen LogP contribution in [-0.2, 0) is 17.8 Å². The molecule has 3 heterocycles. The van der Waals surface area contributed by atoms with Gasteiger partial charge in [-0.05, 0) is 52.9 Å². The first-order chi connectivity index (χ1) is 16.1. The number of nitrogens with zero attached hydrogens (tertiary/aromatic N) is 2. The van der Waals surface area contributed by atoms with E-state index in [-0.39, 0.29) is 11.8 Å². The summed E-state index contributed by atoms with van der Waals surface area (Å²) in [4.78, 5) is 33.0. The summed E-state index contributed by atoms with van der Waals surface area (Å²) in [5.74, 6) is 0.500. The first kappa shape index (κ1) is 21.0. The topological polar surface area (TPSA) is 80.8 Å². The molecule has 0 aliphatic carbocycles. The molecule has 0 saturated heterocycles. The molecule has 0 unspecified atom stereocenters. The molecule has 2 aliphatic heterocycles. The molecule has 0 bridgehead atoms. The fourth-order valence-electron chi connectivity index (χ4n) is 4.94. The fourth-order valence-corrected chi connectivity index (χ4v) is 4.94. The maximum Gasteiger partial charge on any atom is 0.254 e. The van der Waals surface area contributed by atoms with Gasteiger partial charge in [0.15, 0.2) is 11.5 Å². The maximum atomic E-state index is 13.7. The number of nitrogens with one attached hydrogen (secondary N) is 1. The molecule has 7 nitrogen and oxygen atoms in total. The average molecular weight is 444 g/mol. The zero-order chi connectivity index (χ0) is 22.9. The molecule has 7 heteroatoms. The highest BCUT2D eigenvalue weighted by Gasteiger charge is 2.46. The van der Waals surface area contributed by atoms with Crippen molar-refractivity contribution in [2.45, 2.75) is 24.9 Å². The summed E-state index contributed by atoms with van der Waals surface area (Å²) in [7, 11) is 3.19. The van der Waals surface area contributed by atoms with Crippen molar-refractivity contribution in [2.75, 3.05) is 20.8 Å². The zero-order valence-corrected chi connectivity index (χ0v) is 18.6. The summed E-state index contributed by atoms with van der Waals surface area (Å²) in [6.45, 7) is 0.900. The van der Waals surface area contributed by atoms with Crippen LogP contribution in [0.5, 0.6) is 11.5 Å². The third-order valence-corrected chi connectivity index (χ3v) is 6.50. The molecule has 2 aromatic carbocycles. The molecular weight excluding hydrogens is 418 g/mol. The van der Waals surface area contributed by atoms with Crippen molar-refractivity contribution in [1.29, 1.82) is 0 Å². The normalized spacial score (nSPS) is 18.6. The van der Waals surface area contributed by atoms with Crippen molar-refractivity contribution in [3.63, 3.8) is 0 Å². The van der Waals surface area contributed by atoms with Crippen LogP contribution in [0.4, 0.5) is 0 Å². The van der Waals surface area contributed by atoms with Gasteiger partial charge in [-0.25, -0.2) is 0 Å². The van der Waals surface area contributed by atoms with Crippen LogP contribution in [0.25, 0.3) is 0 Å². The van der Waals surface area contributed by atoms with Crippen LogP contribution >= 0.6 is 0 Å². The van der Waals surface area contributed by atoms with Crippen molar-refractivity contribution in [3.8, 4) is 11.5 Å². The monoisotopic (exact) mass is 443 g/mol. The number of aromatic nitrogens is 1. The van der Waals surface area contributed by atoms with E-state index in [9.17, 15) is 9.59 Å². The minimum Gasteiger partial charge on any atom is -0.493 e. The van der Waals surface area contributed by atoms with Gasteiger partial charge in [0.1, 0.15) is 0 Å². The van der Waals surface area contributed by atoms with Gasteiger partial charge in [0.05, 0.1) is 26.2 Å². The lowest BCUT2D eigenvalue weighted by Gasteiger charge is -2.45. The Morgan fingerprint density at radius 3 is 2.64 bits per heavy atom. The van der Waals surface area contributed by atoms with E-state index in [1.54, 1.807) is 32.7 Å². The van der Waals surface area contributed by atoms with Crippen LogP contribution in [0.15, 0.2) is 60.9 Å². The van der Waals surface area contributed by atoms with E-state index in [1.807, 2.05) is 47.4 Å². The number of fused-ring (bicyclic) bond motifs is 4. The molecule has 33 heavy (non-hydrogen) atoms. The molecule has 0 saturated carbocycles. The van der Waals surface area contributed by atoms with Crippen LogP contribution in [-0.4, -0.2) is 42.5 Å². The zero-order valence-electron chi connectivity index (χ0n) is 18.6. The van der Waals surface area contributed by atoms with Gasteiger partial charge >= 0.3 is 0 Å². The molecule has 5 rings (SSSR count). The van der Waals surface area contributed by atoms with Gasteiger partial charge in [-0.3, -0.25) is 14.6 Å². The van der Waals surface area contributed by atoms with E-state index < -0.39 is 12.0 Å². The number of hydrogen-bond acceptors (Lipinski definition) is 5. The van der Waals surface area contributed by atoms with E-state index in [2.05, 4.69) is 10.3 Å². The first-order valence-electron chi connectivity index (χ1n) is 10.9. The highest BCUT2D eigenvalue weighted by molar-refractivity contribution is 6.01. The Hall–Kier alpha value is -3.87. The number of rotatable bonds is 5. The van der Waals surface area contributed by atoms with Crippen LogP contribution in [0, 0.1) is 0 Å². The SMILES string of the molecule is COc1cc2c(cc1OC)[C@H]1[C@H](C(=O)NCc3cccnc3)c3ccccc3C(=O)N1CC2. The average Bonchev–Trinajstić information content (AvgIpc) is 2.87. The number of amides is 2. The van der Waals surface area contributed by atoms with Crippen LogP contribution in [0.2, 0.25) is 0 Å². The predicted molar refractivity (Wildman–Crippen MR) is 122 cm³/mol. The van der Waals surface area contributed by atoms with Crippen molar-refractivity contribution >= 4 is 11.8 Å². The van der Waals surface area contributed by atoms with Crippen LogP contribution < -0.4 is 14.8 Å². The maximum absolute atomic E-state index is 13.7. The Labute approximate surface area is 192 Å². The van der Waals surface area contributed by atoms with E-state index in [0.717, 1.165) is 22.3 Å². The molecule has 1 N–H and O–H groups in total. The second-order valence-corrected chi connectivity index (χ2v) is 8.24. The van der Waals surface area contributed by atoms with Gasteiger partial charge in [-0.15, -0.1) is 0 Å². The van der Waals surface area contributed by atoms with Crippen molar-refractivity contribution in [2.24, 2.45) is 0 Å². The van der Waals surface area contributed by atoms with Crippen LogP contribution in [0.3, 0.4) is 0 Å². The lowest BCUT2D eigenvalue weighted by molar-refractivity contribution is -0.124. The van der Waals surface area contributed by atoms with Gasteiger partial charge < -0.3 is 19.7 Å². The molecule has 0 spiro atoms. The molecule has 2 atom stereocenters. The van der Waals surface area contributed by atoms with Gasteiger partial charge in [0.2, 0.25) is 5.91 Å². The summed E-state index contributed by atoms with van der Waals surface area (Å²) >= 11 is 0. The molecule has 0 fully saturated rings. The van der Waals surface area contributed by atoms with Crippen molar-refractivity contribution in [3.05, 3.63) is 88.7 Å². The summed E-state index contributed by atoms with van der Waals surface area (Å²) in [6, 6.07) is 14.6. The smallest absolute Gasteiger partial charge is 0.254 e. The standard InChI is InChI=1S/C26H25N3O4/c1-32-21-12-17-9-11-29-24(20(17)13-22(21)33-2)23(18-7-3-4-8-19(18)26(29)31)25(30)28-15-16-6-5-10-27-14-16/h3-8,10,12-14,23-24H,9,11,15H2,1-2H3,(H,28,30)/t23-,24+/m1/s1. The second kappa shape index (κ2) is 8.58. The lowest BCUT2D eigenvalue weighted by atomic mass is 9.75. The van der Waals surface area contributed by atoms with Crippen molar-refractivity contribution < 1.29 is 19.1 Å².